The van der Waals surface area contributed by atoms with Crippen LogP contribution in [-0.2, 0) is 10.9 Å². The number of rotatable bonds is 2. The van der Waals surface area contributed by atoms with E-state index in [4.69, 9.17) is 9.84 Å². The lowest BCUT2D eigenvalue weighted by atomic mass is 10.2. The van der Waals surface area contributed by atoms with Crippen LogP contribution in [0.1, 0.15) is 24.6 Å². The van der Waals surface area contributed by atoms with Gasteiger partial charge in [-0.2, -0.15) is 13.2 Å². The first-order valence-corrected chi connectivity index (χ1v) is 5.89. The Morgan fingerprint density at radius 3 is 2.48 bits per heavy atom. The van der Waals surface area contributed by atoms with Crippen LogP contribution in [0, 0.1) is 0 Å². The summed E-state index contributed by atoms with van der Waals surface area (Å²) >= 11 is 0. The summed E-state index contributed by atoms with van der Waals surface area (Å²) in [7, 11) is 0.500. The number of nitrogens with one attached hydrogen (secondary N) is 1. The van der Waals surface area contributed by atoms with Crippen molar-refractivity contribution in [1.29, 1.82) is 0 Å². The van der Waals surface area contributed by atoms with Crippen LogP contribution in [-0.4, -0.2) is 34.5 Å². The van der Waals surface area contributed by atoms with Gasteiger partial charge in [0.15, 0.2) is 0 Å². The van der Waals surface area contributed by atoms with Crippen molar-refractivity contribution in [3.05, 3.63) is 32.6 Å². The van der Waals surface area contributed by atoms with Gasteiger partial charge in [0, 0.05) is 6.20 Å². The van der Waals surface area contributed by atoms with Crippen LogP contribution in [0.15, 0.2) is 15.8 Å². The molecule has 1 aliphatic rings. The first-order valence-electron chi connectivity index (χ1n) is 5.89. The summed E-state index contributed by atoms with van der Waals surface area (Å²) in [6.07, 6.45) is -5.12. The quantitative estimate of drug-likeness (QED) is 0.791. The van der Waals surface area contributed by atoms with Gasteiger partial charge in [0.25, 0.3) is 5.56 Å². The molecule has 1 aromatic rings. The van der Waals surface area contributed by atoms with Crippen molar-refractivity contribution in [1.82, 2.24) is 9.55 Å². The van der Waals surface area contributed by atoms with Crippen LogP contribution < -0.4 is 11.2 Å². The minimum atomic E-state index is -4.85. The highest BCUT2D eigenvalue weighted by Crippen LogP contribution is 2.29. The summed E-state index contributed by atoms with van der Waals surface area (Å²) in [5.74, 6) is 0. The number of hydrogen-bond acceptors (Lipinski definition) is 4. The molecule has 120 valence electrons. The topological polar surface area (TPSA) is 84.3 Å². The summed E-state index contributed by atoms with van der Waals surface area (Å²) in [5, 5.41) is 8.88. The predicted molar refractivity (Wildman–Crippen MR) is 63.6 cm³/mol. The fourth-order valence-electron chi connectivity index (χ4n) is 1.93. The van der Waals surface area contributed by atoms with Crippen LogP contribution in [0.25, 0.3) is 0 Å². The van der Waals surface area contributed by atoms with Crippen LogP contribution >= 0.6 is 0 Å². The number of hydrogen-bond donors (Lipinski definition) is 2. The van der Waals surface area contributed by atoms with Crippen molar-refractivity contribution in [3.8, 4) is 0 Å². The smallest absolute Gasteiger partial charge is 0.394 e. The largest absolute Gasteiger partial charge is 0.423 e. The van der Waals surface area contributed by atoms with E-state index >= 15 is 0 Å². The van der Waals surface area contributed by atoms with E-state index < -0.39 is 35.3 Å². The highest BCUT2D eigenvalue weighted by atomic mass is 19.4. The maximum atomic E-state index is 12.6. The SMILES string of the molecule is CF.O=c1[nH]c(=O)n(C2CCC(CO)O2)cc1C(F)(F)F. The van der Waals surface area contributed by atoms with Crippen molar-refractivity contribution < 1.29 is 27.4 Å². The maximum Gasteiger partial charge on any atom is 0.423 e. The molecule has 0 radical (unpaired) electrons. The Labute approximate surface area is 116 Å². The fraction of sp³-hybridized carbons (Fsp3) is 0.636. The van der Waals surface area contributed by atoms with Gasteiger partial charge in [-0.25, -0.2) is 4.79 Å². The van der Waals surface area contributed by atoms with Gasteiger partial charge in [0.05, 0.1) is 19.9 Å². The van der Waals surface area contributed by atoms with Gasteiger partial charge in [-0.3, -0.25) is 18.7 Å². The second kappa shape index (κ2) is 6.85. The zero-order valence-corrected chi connectivity index (χ0v) is 11.0. The molecule has 21 heavy (non-hydrogen) atoms. The maximum absolute atomic E-state index is 12.6. The number of ether oxygens (including phenoxy) is 1. The molecule has 0 bridgehead atoms. The molecular weight excluding hydrogens is 300 g/mol. The van der Waals surface area contributed by atoms with Gasteiger partial charge in [-0.05, 0) is 12.8 Å². The molecule has 1 aromatic heterocycles. The van der Waals surface area contributed by atoms with Crippen molar-refractivity contribution >= 4 is 0 Å². The summed E-state index contributed by atoms with van der Waals surface area (Å²) in [6, 6.07) is 0. The van der Waals surface area contributed by atoms with Gasteiger partial charge < -0.3 is 9.84 Å². The average Bonchev–Trinajstić information content (AvgIpc) is 2.88. The van der Waals surface area contributed by atoms with E-state index in [1.165, 1.54) is 0 Å². The Kier molecular flexibility index (Phi) is 5.67. The van der Waals surface area contributed by atoms with Crippen molar-refractivity contribution in [3.63, 3.8) is 0 Å². The first-order chi connectivity index (χ1) is 9.82. The lowest BCUT2D eigenvalue weighted by Gasteiger charge is -2.16. The normalized spacial score (nSPS) is 21.8. The highest BCUT2D eigenvalue weighted by molar-refractivity contribution is 5.09. The number of aromatic amines is 1. The molecule has 10 heteroatoms. The van der Waals surface area contributed by atoms with Gasteiger partial charge >= 0.3 is 11.9 Å². The molecule has 2 rings (SSSR count). The molecule has 1 fully saturated rings. The van der Waals surface area contributed by atoms with Crippen LogP contribution in [0.2, 0.25) is 0 Å². The molecule has 0 aromatic carbocycles. The molecule has 0 amide bonds. The number of halogens is 4. The molecule has 0 aliphatic carbocycles. The lowest BCUT2D eigenvalue weighted by molar-refractivity contribution is -0.139. The molecule has 1 saturated heterocycles. The van der Waals surface area contributed by atoms with E-state index in [2.05, 4.69) is 0 Å². The Morgan fingerprint density at radius 2 is 2.00 bits per heavy atom. The number of alkyl halides is 4. The minimum absolute atomic E-state index is 0.277. The fourth-order valence-corrected chi connectivity index (χ4v) is 1.93. The molecule has 2 N–H and O–H groups in total. The van der Waals surface area contributed by atoms with E-state index in [9.17, 15) is 27.2 Å². The number of aliphatic hydroxyl groups is 1. The zero-order chi connectivity index (χ0) is 16.2. The first kappa shape index (κ1) is 17.4. The molecule has 2 atom stereocenters. The molecule has 2 heterocycles. The predicted octanol–water partition coefficient (Wildman–Crippen LogP) is 0.811. The zero-order valence-electron chi connectivity index (χ0n) is 11.0. The highest BCUT2D eigenvalue weighted by Gasteiger charge is 2.36. The second-order valence-corrected chi connectivity index (χ2v) is 4.18. The van der Waals surface area contributed by atoms with E-state index in [0.717, 1.165) is 0 Å². The van der Waals surface area contributed by atoms with E-state index in [-0.39, 0.29) is 13.0 Å². The third-order valence-corrected chi connectivity index (χ3v) is 2.87. The third-order valence-electron chi connectivity index (χ3n) is 2.87. The molecule has 0 saturated carbocycles. The number of aliphatic hydroxyl groups excluding tert-OH is 1. The Balaban J connectivity index is 0.00000106. The summed E-state index contributed by atoms with van der Waals surface area (Å²) in [6.45, 7) is -0.277. The summed E-state index contributed by atoms with van der Waals surface area (Å²) < 4.78 is 53.1. The van der Waals surface area contributed by atoms with Crippen molar-refractivity contribution in [2.75, 3.05) is 13.8 Å². The molecule has 2 unspecified atom stereocenters. The summed E-state index contributed by atoms with van der Waals surface area (Å²) in [4.78, 5) is 24.2. The van der Waals surface area contributed by atoms with Gasteiger partial charge in [-0.15, -0.1) is 0 Å². The molecular formula is C11H14F4N2O4. The van der Waals surface area contributed by atoms with E-state index in [0.29, 0.717) is 24.4 Å². The Hall–Kier alpha value is -1.68. The minimum Gasteiger partial charge on any atom is -0.394 e. The molecule has 0 spiro atoms. The monoisotopic (exact) mass is 314 g/mol. The lowest BCUT2D eigenvalue weighted by Crippen LogP contribution is -2.36. The Morgan fingerprint density at radius 1 is 1.38 bits per heavy atom. The van der Waals surface area contributed by atoms with Crippen molar-refractivity contribution in [2.24, 2.45) is 0 Å². The summed E-state index contributed by atoms with van der Waals surface area (Å²) in [5.41, 5.74) is -3.91. The van der Waals surface area contributed by atoms with Gasteiger partial charge in [0.1, 0.15) is 11.8 Å². The third kappa shape index (κ3) is 3.91. The molecule has 1 aliphatic heterocycles. The van der Waals surface area contributed by atoms with E-state index in [1.54, 1.807) is 4.98 Å². The number of H-pyrrole nitrogens is 1. The second-order valence-electron chi connectivity index (χ2n) is 4.18. The average molecular weight is 314 g/mol. The van der Waals surface area contributed by atoms with Gasteiger partial charge in [-0.1, -0.05) is 0 Å². The number of aromatic nitrogens is 2. The van der Waals surface area contributed by atoms with Crippen LogP contribution in [0.4, 0.5) is 17.6 Å². The standard InChI is InChI=1S/C10H11F3N2O4.CH3F/c11-10(12,13)6-3-15(9(18)14-8(6)17)7-2-1-5(4-16)19-7;1-2/h3,5,7,16H,1-2,4H2,(H,14,17,18);1H3. The molecule has 6 nitrogen and oxygen atoms in total. The number of nitrogens with zero attached hydrogens (tertiary/aromatic N) is 1. The van der Waals surface area contributed by atoms with Crippen LogP contribution in [0.5, 0.6) is 0 Å². The van der Waals surface area contributed by atoms with Crippen molar-refractivity contribution in [2.45, 2.75) is 31.3 Å². The Bertz CT molecular complexity index is 581. The van der Waals surface area contributed by atoms with Gasteiger partial charge in [0.2, 0.25) is 0 Å². The van der Waals surface area contributed by atoms with Crippen LogP contribution in [0.3, 0.4) is 0 Å². The van der Waals surface area contributed by atoms with E-state index in [1.807, 2.05) is 0 Å².